The lowest BCUT2D eigenvalue weighted by Crippen LogP contribution is -1.93. The van der Waals surface area contributed by atoms with Gasteiger partial charge in [-0.15, -0.1) is 0 Å². The summed E-state index contributed by atoms with van der Waals surface area (Å²) in [5, 5.41) is 1.39. The largest absolute Gasteiger partial charge is 0.496 e. The van der Waals surface area contributed by atoms with Crippen molar-refractivity contribution in [1.82, 2.24) is 4.98 Å². The summed E-state index contributed by atoms with van der Waals surface area (Å²) >= 11 is 6.00. The molecule has 0 saturated heterocycles. The molecule has 0 bridgehead atoms. The second kappa shape index (κ2) is 4.18. The molecule has 1 aromatic heterocycles. The SMILES string of the molecule is COc1ccc(OC)c2nc(Cl)c(C)cc12. The van der Waals surface area contributed by atoms with Gasteiger partial charge < -0.3 is 9.47 Å². The highest BCUT2D eigenvalue weighted by molar-refractivity contribution is 6.30. The molecule has 1 aromatic carbocycles. The lowest BCUT2D eigenvalue weighted by Gasteiger charge is -2.10. The van der Waals surface area contributed by atoms with Gasteiger partial charge in [-0.3, -0.25) is 0 Å². The number of hydrogen-bond acceptors (Lipinski definition) is 3. The number of aromatic nitrogens is 1. The first-order valence-electron chi connectivity index (χ1n) is 4.85. The molecule has 0 N–H and O–H groups in total. The smallest absolute Gasteiger partial charge is 0.145 e. The fourth-order valence-corrected chi connectivity index (χ4v) is 1.77. The zero-order chi connectivity index (χ0) is 11.7. The summed E-state index contributed by atoms with van der Waals surface area (Å²) < 4.78 is 10.5. The van der Waals surface area contributed by atoms with Crippen LogP contribution in [0.2, 0.25) is 5.15 Å². The van der Waals surface area contributed by atoms with Crippen molar-refractivity contribution in [2.45, 2.75) is 6.92 Å². The van der Waals surface area contributed by atoms with Crippen molar-refractivity contribution in [3.05, 3.63) is 28.9 Å². The van der Waals surface area contributed by atoms with E-state index in [-0.39, 0.29) is 0 Å². The Morgan fingerprint density at radius 1 is 1.12 bits per heavy atom. The van der Waals surface area contributed by atoms with Crippen LogP contribution in [0.1, 0.15) is 5.56 Å². The van der Waals surface area contributed by atoms with E-state index < -0.39 is 0 Å². The fraction of sp³-hybridized carbons (Fsp3) is 0.250. The van der Waals surface area contributed by atoms with Crippen LogP contribution in [-0.2, 0) is 0 Å². The molecule has 0 atom stereocenters. The molecule has 0 fully saturated rings. The number of aryl methyl sites for hydroxylation is 1. The summed E-state index contributed by atoms with van der Waals surface area (Å²) in [5.41, 5.74) is 1.64. The second-order valence-corrected chi connectivity index (χ2v) is 3.82. The zero-order valence-electron chi connectivity index (χ0n) is 9.37. The van der Waals surface area contributed by atoms with Gasteiger partial charge in [0.1, 0.15) is 22.2 Å². The Balaban J connectivity index is 2.85. The first-order chi connectivity index (χ1) is 7.67. The van der Waals surface area contributed by atoms with Crippen LogP contribution in [0.5, 0.6) is 11.5 Å². The van der Waals surface area contributed by atoms with Crippen molar-refractivity contribution < 1.29 is 9.47 Å². The molecule has 2 aromatic rings. The molecule has 2 rings (SSSR count). The van der Waals surface area contributed by atoms with Crippen LogP contribution in [0.4, 0.5) is 0 Å². The molecule has 0 spiro atoms. The van der Waals surface area contributed by atoms with E-state index in [4.69, 9.17) is 21.1 Å². The van der Waals surface area contributed by atoms with Crippen molar-refractivity contribution in [2.24, 2.45) is 0 Å². The van der Waals surface area contributed by atoms with E-state index in [1.165, 1.54) is 0 Å². The number of hydrogen-bond donors (Lipinski definition) is 0. The van der Waals surface area contributed by atoms with E-state index >= 15 is 0 Å². The monoisotopic (exact) mass is 237 g/mol. The summed E-state index contributed by atoms with van der Waals surface area (Å²) in [6, 6.07) is 5.63. The number of pyridine rings is 1. The average Bonchev–Trinajstić information content (AvgIpc) is 2.29. The number of benzene rings is 1. The van der Waals surface area contributed by atoms with E-state index in [0.29, 0.717) is 10.9 Å². The van der Waals surface area contributed by atoms with Crippen LogP contribution in [-0.4, -0.2) is 19.2 Å². The van der Waals surface area contributed by atoms with Crippen LogP contribution >= 0.6 is 11.6 Å². The zero-order valence-corrected chi connectivity index (χ0v) is 10.1. The molecule has 0 aliphatic heterocycles. The van der Waals surface area contributed by atoms with E-state index in [1.807, 2.05) is 25.1 Å². The first-order valence-corrected chi connectivity index (χ1v) is 5.23. The minimum Gasteiger partial charge on any atom is -0.496 e. The van der Waals surface area contributed by atoms with Gasteiger partial charge in [-0.25, -0.2) is 4.98 Å². The molecule has 1 heterocycles. The highest BCUT2D eigenvalue weighted by Gasteiger charge is 2.10. The Morgan fingerprint density at radius 3 is 2.38 bits per heavy atom. The van der Waals surface area contributed by atoms with Gasteiger partial charge >= 0.3 is 0 Å². The quantitative estimate of drug-likeness (QED) is 0.752. The van der Waals surface area contributed by atoms with Gasteiger partial charge in [0.15, 0.2) is 0 Å². The number of fused-ring (bicyclic) bond motifs is 1. The van der Waals surface area contributed by atoms with Crippen LogP contribution in [0.3, 0.4) is 0 Å². The second-order valence-electron chi connectivity index (χ2n) is 3.46. The number of halogens is 1. The van der Waals surface area contributed by atoms with E-state index in [0.717, 1.165) is 22.2 Å². The Morgan fingerprint density at radius 2 is 1.75 bits per heavy atom. The summed E-state index contributed by atoms with van der Waals surface area (Å²) in [4.78, 5) is 4.32. The molecule has 0 amide bonds. The van der Waals surface area contributed by atoms with Gasteiger partial charge in [0.2, 0.25) is 0 Å². The highest BCUT2D eigenvalue weighted by Crippen LogP contribution is 2.33. The van der Waals surface area contributed by atoms with Gasteiger partial charge in [-0.05, 0) is 30.7 Å². The van der Waals surface area contributed by atoms with Gasteiger partial charge in [0, 0.05) is 5.39 Å². The molecule has 0 saturated carbocycles. The van der Waals surface area contributed by atoms with Gasteiger partial charge in [0.05, 0.1) is 14.2 Å². The topological polar surface area (TPSA) is 31.4 Å². The third kappa shape index (κ3) is 1.67. The minimum absolute atomic E-state index is 0.485. The molecule has 84 valence electrons. The Kier molecular flexibility index (Phi) is 2.88. The maximum atomic E-state index is 6.00. The predicted octanol–water partition coefficient (Wildman–Crippen LogP) is 3.21. The first kappa shape index (κ1) is 11.0. The number of nitrogens with zero attached hydrogens (tertiary/aromatic N) is 1. The third-order valence-corrected chi connectivity index (χ3v) is 2.86. The fourth-order valence-electron chi connectivity index (χ4n) is 1.63. The number of rotatable bonds is 2. The Labute approximate surface area is 99.0 Å². The van der Waals surface area contributed by atoms with Crippen molar-refractivity contribution in [1.29, 1.82) is 0 Å². The molecule has 16 heavy (non-hydrogen) atoms. The van der Waals surface area contributed by atoms with E-state index in [2.05, 4.69) is 4.98 Å². The molecular weight excluding hydrogens is 226 g/mol. The normalized spacial score (nSPS) is 10.5. The highest BCUT2D eigenvalue weighted by atomic mass is 35.5. The van der Waals surface area contributed by atoms with Crippen molar-refractivity contribution in [2.75, 3.05) is 14.2 Å². The molecule has 4 heteroatoms. The van der Waals surface area contributed by atoms with Crippen LogP contribution in [0.25, 0.3) is 10.9 Å². The maximum Gasteiger partial charge on any atom is 0.145 e. The van der Waals surface area contributed by atoms with Crippen molar-refractivity contribution in [3.63, 3.8) is 0 Å². The van der Waals surface area contributed by atoms with Crippen LogP contribution in [0.15, 0.2) is 18.2 Å². The molecule has 0 aliphatic rings. The lowest BCUT2D eigenvalue weighted by atomic mass is 10.1. The van der Waals surface area contributed by atoms with E-state index in [1.54, 1.807) is 14.2 Å². The molecule has 0 unspecified atom stereocenters. The Bertz CT molecular complexity index is 492. The third-order valence-electron chi connectivity index (χ3n) is 2.48. The Hall–Kier alpha value is -1.48. The summed E-state index contributed by atoms with van der Waals surface area (Å²) in [5.74, 6) is 1.46. The summed E-state index contributed by atoms with van der Waals surface area (Å²) in [7, 11) is 3.24. The maximum absolute atomic E-state index is 6.00. The standard InChI is InChI=1S/C12H12ClNO2/c1-7-6-8-9(15-2)4-5-10(16-3)11(8)14-12(7)13/h4-6H,1-3H3. The lowest BCUT2D eigenvalue weighted by molar-refractivity contribution is 0.409. The number of ether oxygens (including phenoxy) is 2. The molecular formula is C12H12ClNO2. The van der Waals surface area contributed by atoms with Crippen molar-refractivity contribution in [3.8, 4) is 11.5 Å². The molecule has 0 aliphatic carbocycles. The average molecular weight is 238 g/mol. The summed E-state index contributed by atoms with van der Waals surface area (Å²) in [6.45, 7) is 1.91. The minimum atomic E-state index is 0.485. The van der Waals surface area contributed by atoms with Crippen LogP contribution in [0, 0.1) is 6.92 Å². The van der Waals surface area contributed by atoms with E-state index in [9.17, 15) is 0 Å². The van der Waals surface area contributed by atoms with Gasteiger partial charge in [0.25, 0.3) is 0 Å². The number of methoxy groups -OCH3 is 2. The van der Waals surface area contributed by atoms with Crippen molar-refractivity contribution >= 4 is 22.5 Å². The van der Waals surface area contributed by atoms with Crippen LogP contribution < -0.4 is 9.47 Å². The van der Waals surface area contributed by atoms with Gasteiger partial charge in [-0.1, -0.05) is 11.6 Å². The molecule has 3 nitrogen and oxygen atoms in total. The predicted molar refractivity (Wildman–Crippen MR) is 64.6 cm³/mol. The summed E-state index contributed by atoms with van der Waals surface area (Å²) in [6.07, 6.45) is 0. The molecule has 0 radical (unpaired) electrons. The van der Waals surface area contributed by atoms with Gasteiger partial charge in [-0.2, -0.15) is 0 Å².